The largest absolute Gasteiger partial charge is 0.488 e. The van der Waals surface area contributed by atoms with E-state index in [1.807, 2.05) is 0 Å². The van der Waals surface area contributed by atoms with Gasteiger partial charge in [-0.25, -0.2) is 17.5 Å². The van der Waals surface area contributed by atoms with Gasteiger partial charge in [-0.2, -0.15) is 0 Å². The van der Waals surface area contributed by atoms with E-state index in [-0.39, 0.29) is 17.5 Å². The van der Waals surface area contributed by atoms with Crippen LogP contribution in [-0.2, 0) is 10.0 Å². The number of anilines is 2. The fraction of sp³-hybridized carbons (Fsp3) is 0.538. The average Bonchev–Trinajstić information content (AvgIpc) is 2.32. The predicted octanol–water partition coefficient (Wildman–Crippen LogP) is 1.55. The van der Waals surface area contributed by atoms with Crippen molar-refractivity contribution in [3.8, 4) is 5.75 Å². The molecule has 0 radical (unpaired) electrons. The van der Waals surface area contributed by atoms with Gasteiger partial charge in [0.05, 0.1) is 23.7 Å². The second-order valence-corrected chi connectivity index (χ2v) is 6.82. The molecule has 4 N–H and O–H groups in total. The molecule has 0 saturated heterocycles. The second kappa shape index (κ2) is 7.46. The minimum absolute atomic E-state index is 0.135. The lowest BCUT2D eigenvalue weighted by Crippen LogP contribution is -2.24. The molecule has 0 fully saturated rings. The fourth-order valence-corrected chi connectivity index (χ4v) is 2.15. The van der Waals surface area contributed by atoms with Gasteiger partial charge in [-0.05, 0) is 20.3 Å². The van der Waals surface area contributed by atoms with E-state index in [1.165, 1.54) is 12.1 Å². The predicted molar refractivity (Wildman–Crippen MR) is 82.5 cm³/mol. The molecule has 21 heavy (non-hydrogen) atoms. The first-order valence-electron chi connectivity index (χ1n) is 6.63. The van der Waals surface area contributed by atoms with Gasteiger partial charge in [-0.15, -0.1) is 0 Å². The number of rotatable bonds is 8. The number of hydrogen-bond donors (Lipinski definition) is 3. The molecule has 120 valence electrons. The Bertz CT molecular complexity index is 576. The lowest BCUT2D eigenvalue weighted by molar-refractivity contribution is 0.231. The van der Waals surface area contributed by atoms with Crippen LogP contribution in [0.1, 0.15) is 20.3 Å². The van der Waals surface area contributed by atoms with Crippen molar-refractivity contribution in [1.82, 2.24) is 4.72 Å². The maximum Gasteiger partial charge on any atom is 0.208 e. The maximum absolute atomic E-state index is 13.7. The SMILES string of the molecule is CC(C)Oc1cc(NCCCNS(C)(=O)=O)c(N)cc1F. The Morgan fingerprint density at radius 1 is 1.33 bits per heavy atom. The van der Waals surface area contributed by atoms with Crippen molar-refractivity contribution < 1.29 is 17.5 Å². The van der Waals surface area contributed by atoms with Crippen molar-refractivity contribution in [2.75, 3.05) is 30.4 Å². The smallest absolute Gasteiger partial charge is 0.208 e. The molecule has 0 spiro atoms. The lowest BCUT2D eigenvalue weighted by Gasteiger charge is -2.15. The van der Waals surface area contributed by atoms with E-state index >= 15 is 0 Å². The molecule has 0 amide bonds. The molecule has 0 aliphatic carbocycles. The molecule has 8 heteroatoms. The Kier molecular flexibility index (Phi) is 6.22. The fourth-order valence-electron chi connectivity index (χ4n) is 1.64. The molecule has 0 heterocycles. The molecule has 1 rings (SSSR count). The molecule has 1 aromatic rings. The Balaban J connectivity index is 2.58. The highest BCUT2D eigenvalue weighted by Crippen LogP contribution is 2.28. The van der Waals surface area contributed by atoms with Crippen molar-refractivity contribution in [3.05, 3.63) is 17.9 Å². The second-order valence-electron chi connectivity index (χ2n) is 4.98. The van der Waals surface area contributed by atoms with Crippen LogP contribution in [0.15, 0.2) is 12.1 Å². The zero-order valence-corrected chi connectivity index (χ0v) is 13.3. The van der Waals surface area contributed by atoms with Gasteiger partial charge in [-0.1, -0.05) is 0 Å². The summed E-state index contributed by atoms with van der Waals surface area (Å²) in [6, 6.07) is 2.71. The molecule has 0 unspecified atom stereocenters. The third-order valence-electron chi connectivity index (χ3n) is 2.50. The summed E-state index contributed by atoms with van der Waals surface area (Å²) in [7, 11) is -3.18. The number of ether oxygens (including phenoxy) is 1. The summed E-state index contributed by atoms with van der Waals surface area (Å²) < 4.78 is 43.2. The molecule has 0 aromatic heterocycles. The van der Waals surface area contributed by atoms with Gasteiger partial charge in [0.2, 0.25) is 10.0 Å². The topological polar surface area (TPSA) is 93.5 Å². The first-order chi connectivity index (χ1) is 9.69. The van der Waals surface area contributed by atoms with Crippen LogP contribution in [0.4, 0.5) is 15.8 Å². The number of nitrogen functional groups attached to an aromatic ring is 1. The molecule has 6 nitrogen and oxygen atoms in total. The van der Waals surface area contributed by atoms with Crippen LogP contribution >= 0.6 is 0 Å². The number of benzene rings is 1. The molecular formula is C13H22FN3O3S. The van der Waals surface area contributed by atoms with Gasteiger partial charge in [0.1, 0.15) is 0 Å². The zero-order chi connectivity index (χ0) is 16.0. The van der Waals surface area contributed by atoms with Gasteiger partial charge in [0, 0.05) is 25.2 Å². The van der Waals surface area contributed by atoms with Crippen molar-refractivity contribution in [2.45, 2.75) is 26.4 Å². The molecule has 0 aliphatic heterocycles. The number of halogens is 1. The lowest BCUT2D eigenvalue weighted by atomic mass is 10.2. The number of hydrogen-bond acceptors (Lipinski definition) is 5. The Hall–Kier alpha value is -1.54. The summed E-state index contributed by atoms with van der Waals surface area (Å²) in [5.74, 6) is -0.374. The monoisotopic (exact) mass is 319 g/mol. The molecule has 1 aromatic carbocycles. The number of nitrogens with one attached hydrogen (secondary N) is 2. The van der Waals surface area contributed by atoms with E-state index in [2.05, 4.69) is 10.0 Å². The number of sulfonamides is 1. The zero-order valence-electron chi connectivity index (χ0n) is 12.4. The van der Waals surface area contributed by atoms with Crippen LogP contribution < -0.4 is 20.5 Å². The van der Waals surface area contributed by atoms with Crippen molar-refractivity contribution in [3.63, 3.8) is 0 Å². The van der Waals surface area contributed by atoms with Gasteiger partial charge in [0.15, 0.2) is 11.6 Å². The van der Waals surface area contributed by atoms with Crippen LogP contribution in [0.5, 0.6) is 5.75 Å². The third-order valence-corrected chi connectivity index (χ3v) is 3.23. The van der Waals surface area contributed by atoms with Crippen LogP contribution in [-0.4, -0.2) is 33.9 Å². The quantitative estimate of drug-likeness (QED) is 0.499. The molecule has 0 aliphatic rings. The standard InChI is InChI=1S/C13H22FN3O3S/c1-9(2)20-13-8-12(11(15)7-10(13)14)16-5-4-6-17-21(3,18)19/h7-9,16-17H,4-6,15H2,1-3H3. The maximum atomic E-state index is 13.7. The van der Waals surface area contributed by atoms with Crippen LogP contribution in [0.2, 0.25) is 0 Å². The van der Waals surface area contributed by atoms with E-state index in [4.69, 9.17) is 10.5 Å². The molecule has 0 atom stereocenters. The minimum Gasteiger partial charge on any atom is -0.488 e. The summed E-state index contributed by atoms with van der Waals surface area (Å²) in [6.45, 7) is 4.43. The minimum atomic E-state index is -3.18. The van der Waals surface area contributed by atoms with Crippen LogP contribution in [0.25, 0.3) is 0 Å². The molecular weight excluding hydrogens is 297 g/mol. The molecule has 0 saturated carbocycles. The normalized spacial score (nSPS) is 11.7. The van der Waals surface area contributed by atoms with Crippen LogP contribution in [0, 0.1) is 5.82 Å². The van der Waals surface area contributed by atoms with Crippen molar-refractivity contribution in [1.29, 1.82) is 0 Å². The summed E-state index contributed by atoms with van der Waals surface area (Å²) in [4.78, 5) is 0. The highest BCUT2D eigenvalue weighted by molar-refractivity contribution is 7.88. The van der Waals surface area contributed by atoms with E-state index in [0.717, 1.165) is 6.26 Å². The van der Waals surface area contributed by atoms with Crippen molar-refractivity contribution >= 4 is 21.4 Å². The first-order valence-corrected chi connectivity index (χ1v) is 8.52. The first kappa shape index (κ1) is 17.5. The highest BCUT2D eigenvalue weighted by atomic mass is 32.2. The summed E-state index contributed by atoms with van der Waals surface area (Å²) >= 11 is 0. The number of nitrogens with two attached hydrogens (primary N) is 1. The third kappa shape index (κ3) is 6.63. The van der Waals surface area contributed by atoms with Gasteiger partial charge < -0.3 is 15.8 Å². The van der Waals surface area contributed by atoms with E-state index in [0.29, 0.717) is 25.2 Å². The summed E-state index contributed by atoms with van der Waals surface area (Å²) in [6.07, 6.45) is 1.54. The van der Waals surface area contributed by atoms with E-state index in [1.54, 1.807) is 13.8 Å². The summed E-state index contributed by atoms with van der Waals surface area (Å²) in [5.41, 5.74) is 6.57. The summed E-state index contributed by atoms with van der Waals surface area (Å²) in [5, 5.41) is 3.03. The van der Waals surface area contributed by atoms with Gasteiger partial charge in [-0.3, -0.25) is 0 Å². The van der Waals surface area contributed by atoms with E-state index < -0.39 is 15.8 Å². The van der Waals surface area contributed by atoms with Crippen molar-refractivity contribution in [2.24, 2.45) is 0 Å². The van der Waals surface area contributed by atoms with Gasteiger partial charge in [0.25, 0.3) is 0 Å². The molecule has 0 bridgehead atoms. The highest BCUT2D eigenvalue weighted by Gasteiger charge is 2.10. The Morgan fingerprint density at radius 2 is 2.00 bits per heavy atom. The van der Waals surface area contributed by atoms with E-state index in [9.17, 15) is 12.8 Å². The Labute approximate surface area is 124 Å². The average molecular weight is 319 g/mol. The Morgan fingerprint density at radius 3 is 2.57 bits per heavy atom. The van der Waals surface area contributed by atoms with Crippen LogP contribution in [0.3, 0.4) is 0 Å². The van der Waals surface area contributed by atoms with Gasteiger partial charge >= 0.3 is 0 Å².